The Morgan fingerprint density at radius 3 is 3.11 bits per heavy atom. The highest BCUT2D eigenvalue weighted by Crippen LogP contribution is 2.14. The SMILES string of the molecule is O=C(NC1CCCNC1)c1ccc2[nH]ccc2c1. The summed E-state index contributed by atoms with van der Waals surface area (Å²) in [5, 5.41) is 7.45. The third-order valence-corrected chi connectivity index (χ3v) is 3.45. The van der Waals surface area contributed by atoms with Crippen LogP contribution in [0.15, 0.2) is 30.5 Å². The van der Waals surface area contributed by atoms with E-state index < -0.39 is 0 Å². The van der Waals surface area contributed by atoms with Gasteiger partial charge in [-0.1, -0.05) is 0 Å². The second-order valence-electron chi connectivity index (χ2n) is 4.80. The van der Waals surface area contributed by atoms with Crippen LogP contribution in [0.1, 0.15) is 23.2 Å². The molecular weight excluding hydrogens is 226 g/mol. The Hall–Kier alpha value is -1.81. The highest BCUT2D eigenvalue weighted by molar-refractivity contribution is 5.98. The molecule has 0 spiro atoms. The number of carbonyl (C=O) groups is 1. The van der Waals surface area contributed by atoms with Gasteiger partial charge >= 0.3 is 0 Å². The van der Waals surface area contributed by atoms with Crippen LogP contribution in [-0.2, 0) is 0 Å². The minimum Gasteiger partial charge on any atom is -0.361 e. The molecule has 94 valence electrons. The maximum atomic E-state index is 12.1. The van der Waals surface area contributed by atoms with Crippen LogP contribution in [0.4, 0.5) is 0 Å². The number of amides is 1. The van der Waals surface area contributed by atoms with E-state index >= 15 is 0 Å². The molecule has 0 saturated carbocycles. The van der Waals surface area contributed by atoms with E-state index in [1.54, 1.807) is 0 Å². The first kappa shape index (κ1) is 11.3. The van der Waals surface area contributed by atoms with Gasteiger partial charge in [-0.05, 0) is 43.7 Å². The van der Waals surface area contributed by atoms with Gasteiger partial charge < -0.3 is 15.6 Å². The number of carbonyl (C=O) groups excluding carboxylic acids is 1. The number of benzene rings is 1. The first-order valence-corrected chi connectivity index (χ1v) is 6.42. The van der Waals surface area contributed by atoms with Gasteiger partial charge in [0.15, 0.2) is 0 Å². The number of nitrogens with one attached hydrogen (secondary N) is 3. The zero-order valence-electron chi connectivity index (χ0n) is 10.2. The van der Waals surface area contributed by atoms with Crippen LogP contribution in [-0.4, -0.2) is 30.0 Å². The van der Waals surface area contributed by atoms with Crippen LogP contribution in [0, 0.1) is 0 Å². The van der Waals surface area contributed by atoms with Crippen molar-refractivity contribution in [1.29, 1.82) is 0 Å². The minimum absolute atomic E-state index is 0.0202. The molecular formula is C14H17N3O. The van der Waals surface area contributed by atoms with Crippen LogP contribution >= 0.6 is 0 Å². The number of hydrogen-bond donors (Lipinski definition) is 3. The average molecular weight is 243 g/mol. The number of hydrogen-bond acceptors (Lipinski definition) is 2. The van der Waals surface area contributed by atoms with Crippen molar-refractivity contribution in [2.45, 2.75) is 18.9 Å². The Labute approximate surface area is 106 Å². The first-order valence-electron chi connectivity index (χ1n) is 6.42. The van der Waals surface area contributed by atoms with E-state index in [0.29, 0.717) is 0 Å². The molecule has 1 aromatic carbocycles. The molecule has 4 heteroatoms. The molecule has 1 aliphatic heterocycles. The fourth-order valence-corrected chi connectivity index (χ4v) is 2.44. The standard InChI is InChI=1S/C14H17N3O/c18-14(17-12-2-1-6-15-9-12)11-3-4-13-10(8-11)5-7-16-13/h3-5,7-8,12,15-16H,1-2,6,9H2,(H,17,18). The number of rotatable bonds is 2. The van der Waals surface area contributed by atoms with Crippen molar-refractivity contribution in [3.8, 4) is 0 Å². The number of aromatic nitrogens is 1. The van der Waals surface area contributed by atoms with Crippen molar-refractivity contribution >= 4 is 16.8 Å². The van der Waals surface area contributed by atoms with Crippen molar-refractivity contribution in [2.24, 2.45) is 0 Å². The zero-order valence-corrected chi connectivity index (χ0v) is 10.2. The van der Waals surface area contributed by atoms with Crippen molar-refractivity contribution in [1.82, 2.24) is 15.6 Å². The molecule has 3 N–H and O–H groups in total. The first-order chi connectivity index (χ1) is 8.83. The Bertz CT molecular complexity index is 555. The zero-order chi connectivity index (χ0) is 12.4. The van der Waals surface area contributed by atoms with Crippen molar-refractivity contribution in [3.05, 3.63) is 36.0 Å². The fraction of sp³-hybridized carbons (Fsp3) is 0.357. The molecule has 0 bridgehead atoms. The summed E-state index contributed by atoms with van der Waals surface area (Å²) in [5.41, 5.74) is 1.79. The van der Waals surface area contributed by atoms with Crippen LogP contribution in [0.2, 0.25) is 0 Å². The van der Waals surface area contributed by atoms with Gasteiger partial charge in [0.05, 0.1) is 0 Å². The Morgan fingerprint density at radius 2 is 2.28 bits per heavy atom. The van der Waals surface area contributed by atoms with E-state index in [0.717, 1.165) is 42.4 Å². The van der Waals surface area contributed by atoms with Crippen LogP contribution in [0.5, 0.6) is 0 Å². The second kappa shape index (κ2) is 4.82. The summed E-state index contributed by atoms with van der Waals surface area (Å²) < 4.78 is 0. The normalized spacial score (nSPS) is 19.9. The lowest BCUT2D eigenvalue weighted by Gasteiger charge is -2.23. The summed E-state index contributed by atoms with van der Waals surface area (Å²) in [4.78, 5) is 15.3. The minimum atomic E-state index is 0.0202. The Morgan fingerprint density at radius 1 is 1.33 bits per heavy atom. The van der Waals surface area contributed by atoms with E-state index in [2.05, 4.69) is 15.6 Å². The monoisotopic (exact) mass is 243 g/mol. The van der Waals surface area contributed by atoms with Gasteiger partial charge in [0, 0.05) is 35.2 Å². The molecule has 3 rings (SSSR count). The third kappa shape index (κ3) is 2.24. The molecule has 1 fully saturated rings. The topological polar surface area (TPSA) is 56.9 Å². The predicted molar refractivity (Wildman–Crippen MR) is 71.7 cm³/mol. The molecule has 0 radical (unpaired) electrons. The summed E-state index contributed by atoms with van der Waals surface area (Å²) in [6, 6.07) is 7.98. The van der Waals surface area contributed by atoms with E-state index in [1.807, 2.05) is 30.5 Å². The Balaban J connectivity index is 1.74. The molecule has 2 aromatic rings. The smallest absolute Gasteiger partial charge is 0.251 e. The maximum Gasteiger partial charge on any atom is 0.251 e. The highest BCUT2D eigenvalue weighted by Gasteiger charge is 2.16. The maximum absolute atomic E-state index is 12.1. The van der Waals surface area contributed by atoms with Gasteiger partial charge in [0.25, 0.3) is 5.91 Å². The van der Waals surface area contributed by atoms with Gasteiger partial charge in [0.1, 0.15) is 0 Å². The second-order valence-corrected chi connectivity index (χ2v) is 4.80. The van der Waals surface area contributed by atoms with Gasteiger partial charge in [0.2, 0.25) is 0 Å². The van der Waals surface area contributed by atoms with Crippen LogP contribution in [0.3, 0.4) is 0 Å². The number of H-pyrrole nitrogens is 1. The lowest BCUT2D eigenvalue weighted by atomic mass is 10.1. The summed E-state index contributed by atoms with van der Waals surface area (Å²) in [5.74, 6) is 0.0202. The molecule has 1 atom stereocenters. The third-order valence-electron chi connectivity index (χ3n) is 3.45. The van der Waals surface area contributed by atoms with Gasteiger partial charge in [-0.25, -0.2) is 0 Å². The van der Waals surface area contributed by atoms with Crippen molar-refractivity contribution in [2.75, 3.05) is 13.1 Å². The number of piperidine rings is 1. The van der Waals surface area contributed by atoms with Gasteiger partial charge in [-0.15, -0.1) is 0 Å². The molecule has 0 aliphatic carbocycles. The Kier molecular flexibility index (Phi) is 3.02. The van der Waals surface area contributed by atoms with E-state index in [4.69, 9.17) is 0 Å². The largest absolute Gasteiger partial charge is 0.361 e. The predicted octanol–water partition coefficient (Wildman–Crippen LogP) is 1.65. The number of fused-ring (bicyclic) bond motifs is 1. The summed E-state index contributed by atoms with van der Waals surface area (Å²) in [6.45, 7) is 1.93. The fourth-order valence-electron chi connectivity index (χ4n) is 2.44. The molecule has 18 heavy (non-hydrogen) atoms. The molecule has 1 saturated heterocycles. The van der Waals surface area contributed by atoms with E-state index in [1.165, 1.54) is 0 Å². The van der Waals surface area contributed by atoms with Crippen LogP contribution < -0.4 is 10.6 Å². The van der Waals surface area contributed by atoms with E-state index in [-0.39, 0.29) is 11.9 Å². The quantitative estimate of drug-likeness (QED) is 0.751. The van der Waals surface area contributed by atoms with Gasteiger partial charge in [-0.2, -0.15) is 0 Å². The van der Waals surface area contributed by atoms with Crippen LogP contribution in [0.25, 0.3) is 10.9 Å². The molecule has 1 aromatic heterocycles. The van der Waals surface area contributed by atoms with Crippen molar-refractivity contribution in [3.63, 3.8) is 0 Å². The summed E-state index contributed by atoms with van der Waals surface area (Å²) in [6.07, 6.45) is 4.07. The summed E-state index contributed by atoms with van der Waals surface area (Å²) >= 11 is 0. The lowest BCUT2D eigenvalue weighted by molar-refractivity contribution is 0.0931. The van der Waals surface area contributed by atoms with E-state index in [9.17, 15) is 4.79 Å². The average Bonchev–Trinajstić information content (AvgIpc) is 2.87. The molecule has 1 amide bonds. The van der Waals surface area contributed by atoms with Gasteiger partial charge in [-0.3, -0.25) is 4.79 Å². The summed E-state index contributed by atoms with van der Waals surface area (Å²) in [7, 11) is 0. The number of aromatic amines is 1. The molecule has 1 aliphatic rings. The van der Waals surface area contributed by atoms with Crippen molar-refractivity contribution < 1.29 is 4.79 Å². The molecule has 2 heterocycles. The molecule has 4 nitrogen and oxygen atoms in total. The lowest BCUT2D eigenvalue weighted by Crippen LogP contribution is -2.45. The highest BCUT2D eigenvalue weighted by atomic mass is 16.1. The molecule has 1 unspecified atom stereocenters.